The predicted molar refractivity (Wildman–Crippen MR) is 46.8 cm³/mol. The molecule has 0 unspecified atom stereocenters. The van der Waals surface area contributed by atoms with E-state index in [4.69, 9.17) is 10.2 Å². The quantitative estimate of drug-likeness (QED) is 0.619. The van der Waals surface area contributed by atoms with Gasteiger partial charge in [0.05, 0.1) is 18.5 Å². The molecule has 1 aromatic rings. The summed E-state index contributed by atoms with van der Waals surface area (Å²) < 4.78 is 0. The van der Waals surface area contributed by atoms with Crippen LogP contribution < -0.4 is 5.32 Å². The monoisotopic (exact) mass is 182 g/mol. The number of aliphatic hydroxyl groups is 1. The molecule has 3 N–H and O–H groups in total. The van der Waals surface area contributed by atoms with E-state index in [9.17, 15) is 4.79 Å². The summed E-state index contributed by atoms with van der Waals surface area (Å²) in [5, 5.41) is 19.9. The molecule has 0 aliphatic heterocycles. The molecule has 0 amide bonds. The van der Waals surface area contributed by atoms with Crippen LogP contribution >= 0.6 is 0 Å². The molecule has 0 radical (unpaired) electrons. The number of hydrogen-bond donors (Lipinski definition) is 3. The Morgan fingerprint density at radius 1 is 1.54 bits per heavy atom. The third kappa shape index (κ3) is 2.72. The molecule has 0 aliphatic carbocycles. The number of aliphatic hydroxyl groups excluding tert-OH is 1. The van der Waals surface area contributed by atoms with Gasteiger partial charge in [-0.25, -0.2) is 9.78 Å². The average Bonchev–Trinajstić information content (AvgIpc) is 2.15. The third-order valence-corrected chi connectivity index (χ3v) is 1.42. The van der Waals surface area contributed by atoms with E-state index in [1.54, 1.807) is 6.07 Å². The Balaban J connectivity index is 2.64. The van der Waals surface area contributed by atoms with E-state index in [2.05, 4.69) is 10.3 Å². The molecule has 1 aromatic heterocycles. The van der Waals surface area contributed by atoms with Gasteiger partial charge in [-0.15, -0.1) is 0 Å². The highest BCUT2D eigenvalue weighted by Gasteiger charge is 2.02. The fourth-order valence-corrected chi connectivity index (χ4v) is 0.825. The molecule has 1 rings (SSSR count). The minimum absolute atomic E-state index is 0.00884. The van der Waals surface area contributed by atoms with Crippen LogP contribution in [0.5, 0.6) is 0 Å². The molecule has 0 atom stereocenters. The number of aromatic nitrogens is 1. The van der Waals surface area contributed by atoms with Crippen molar-refractivity contribution in [2.45, 2.75) is 0 Å². The van der Waals surface area contributed by atoms with Gasteiger partial charge in [0.2, 0.25) is 0 Å². The number of carbonyl (C=O) groups is 1. The van der Waals surface area contributed by atoms with Crippen LogP contribution in [0.25, 0.3) is 0 Å². The minimum Gasteiger partial charge on any atom is -0.477 e. The fourth-order valence-electron chi connectivity index (χ4n) is 0.825. The predicted octanol–water partition coefficient (Wildman–Crippen LogP) is 0.184. The van der Waals surface area contributed by atoms with Crippen molar-refractivity contribution >= 4 is 11.7 Å². The fraction of sp³-hybridized carbons (Fsp3) is 0.250. The minimum atomic E-state index is -1.05. The van der Waals surface area contributed by atoms with Crippen LogP contribution in [0.3, 0.4) is 0 Å². The van der Waals surface area contributed by atoms with Crippen molar-refractivity contribution in [1.29, 1.82) is 0 Å². The molecule has 5 heteroatoms. The zero-order valence-corrected chi connectivity index (χ0v) is 6.90. The first-order valence-electron chi connectivity index (χ1n) is 3.78. The smallest absolute Gasteiger partial charge is 0.354 e. The Labute approximate surface area is 75.0 Å². The van der Waals surface area contributed by atoms with Gasteiger partial charge in [0.25, 0.3) is 0 Å². The van der Waals surface area contributed by atoms with Gasteiger partial charge in [-0.3, -0.25) is 0 Å². The lowest BCUT2D eigenvalue weighted by molar-refractivity contribution is 0.0690. The van der Waals surface area contributed by atoms with Crippen LogP contribution in [0.2, 0.25) is 0 Å². The molecule has 0 bridgehead atoms. The van der Waals surface area contributed by atoms with Crippen LogP contribution in [-0.4, -0.2) is 34.3 Å². The number of carboxylic acids is 1. The van der Waals surface area contributed by atoms with Gasteiger partial charge in [-0.1, -0.05) is 0 Å². The molecule has 0 saturated heterocycles. The van der Waals surface area contributed by atoms with Gasteiger partial charge in [0, 0.05) is 6.54 Å². The van der Waals surface area contributed by atoms with E-state index < -0.39 is 5.97 Å². The summed E-state index contributed by atoms with van der Waals surface area (Å²) in [7, 11) is 0. The topological polar surface area (TPSA) is 82.5 Å². The van der Waals surface area contributed by atoms with Crippen molar-refractivity contribution in [3.05, 3.63) is 24.0 Å². The Hall–Kier alpha value is -1.62. The van der Waals surface area contributed by atoms with Crippen LogP contribution in [0.1, 0.15) is 10.5 Å². The highest BCUT2D eigenvalue weighted by Crippen LogP contribution is 2.05. The number of hydrogen-bond acceptors (Lipinski definition) is 4. The first-order valence-corrected chi connectivity index (χ1v) is 3.78. The van der Waals surface area contributed by atoms with Crippen molar-refractivity contribution in [3.8, 4) is 0 Å². The molecular formula is C8H10N2O3. The molecule has 70 valence electrons. The second kappa shape index (κ2) is 4.42. The zero-order valence-electron chi connectivity index (χ0n) is 6.90. The lowest BCUT2D eigenvalue weighted by Crippen LogP contribution is -2.06. The Morgan fingerprint density at radius 2 is 2.31 bits per heavy atom. The molecule has 0 fully saturated rings. The average molecular weight is 182 g/mol. The van der Waals surface area contributed by atoms with Crippen molar-refractivity contribution < 1.29 is 15.0 Å². The maximum Gasteiger partial charge on any atom is 0.354 e. The van der Waals surface area contributed by atoms with E-state index in [1.165, 1.54) is 12.3 Å². The first-order chi connectivity index (χ1) is 6.24. The highest BCUT2D eigenvalue weighted by atomic mass is 16.4. The van der Waals surface area contributed by atoms with Gasteiger partial charge in [-0.05, 0) is 12.1 Å². The summed E-state index contributed by atoms with van der Waals surface area (Å²) in [6.45, 7) is 0.453. The number of nitrogens with zero attached hydrogens (tertiary/aromatic N) is 1. The first kappa shape index (κ1) is 9.47. The Morgan fingerprint density at radius 3 is 2.77 bits per heavy atom. The molecule has 1 heterocycles. The summed E-state index contributed by atoms with van der Waals surface area (Å²) in [4.78, 5) is 14.1. The van der Waals surface area contributed by atoms with E-state index in [0.29, 0.717) is 12.2 Å². The van der Waals surface area contributed by atoms with Crippen molar-refractivity contribution in [1.82, 2.24) is 4.98 Å². The molecule has 0 aliphatic rings. The Kier molecular flexibility index (Phi) is 3.22. The van der Waals surface area contributed by atoms with E-state index in [-0.39, 0.29) is 12.3 Å². The van der Waals surface area contributed by atoms with Crippen molar-refractivity contribution in [3.63, 3.8) is 0 Å². The second-order valence-electron chi connectivity index (χ2n) is 2.39. The van der Waals surface area contributed by atoms with E-state index >= 15 is 0 Å². The number of aromatic carboxylic acids is 1. The number of rotatable bonds is 4. The molecule has 5 nitrogen and oxygen atoms in total. The van der Waals surface area contributed by atoms with Gasteiger partial charge in [0.15, 0.2) is 0 Å². The number of nitrogens with one attached hydrogen (secondary N) is 1. The van der Waals surface area contributed by atoms with Crippen molar-refractivity contribution in [2.24, 2.45) is 0 Å². The third-order valence-electron chi connectivity index (χ3n) is 1.42. The van der Waals surface area contributed by atoms with Gasteiger partial charge in [0.1, 0.15) is 5.69 Å². The lowest BCUT2D eigenvalue weighted by Gasteiger charge is -2.02. The number of carboxylic acid groups (broad SMARTS) is 1. The second-order valence-corrected chi connectivity index (χ2v) is 2.39. The van der Waals surface area contributed by atoms with Crippen LogP contribution in [-0.2, 0) is 0 Å². The van der Waals surface area contributed by atoms with Gasteiger partial charge < -0.3 is 15.5 Å². The van der Waals surface area contributed by atoms with Crippen LogP contribution in [0, 0.1) is 0 Å². The lowest BCUT2D eigenvalue weighted by atomic mass is 10.3. The SMILES string of the molecule is O=C(O)c1ccc(NCCO)cn1. The Bertz CT molecular complexity index is 284. The molecule has 13 heavy (non-hydrogen) atoms. The largest absolute Gasteiger partial charge is 0.477 e. The van der Waals surface area contributed by atoms with Crippen LogP contribution in [0.4, 0.5) is 5.69 Å². The van der Waals surface area contributed by atoms with Gasteiger partial charge >= 0.3 is 5.97 Å². The summed E-state index contributed by atoms with van der Waals surface area (Å²) in [5.74, 6) is -1.05. The molecule has 0 saturated carbocycles. The van der Waals surface area contributed by atoms with E-state index in [1.807, 2.05) is 0 Å². The standard InChI is InChI=1S/C8H10N2O3/c11-4-3-9-6-1-2-7(8(12)13)10-5-6/h1-2,5,9,11H,3-4H2,(H,12,13). The molecular weight excluding hydrogens is 172 g/mol. The molecule has 0 spiro atoms. The van der Waals surface area contributed by atoms with E-state index in [0.717, 1.165) is 0 Å². The number of anilines is 1. The summed E-state index contributed by atoms with van der Waals surface area (Å²) in [5.41, 5.74) is 0.702. The molecule has 0 aromatic carbocycles. The number of pyridine rings is 1. The maximum atomic E-state index is 10.4. The summed E-state index contributed by atoms with van der Waals surface area (Å²) in [6.07, 6.45) is 1.42. The zero-order chi connectivity index (χ0) is 9.68. The summed E-state index contributed by atoms with van der Waals surface area (Å²) >= 11 is 0. The summed E-state index contributed by atoms with van der Waals surface area (Å²) in [6, 6.07) is 3.01. The maximum absolute atomic E-state index is 10.4. The van der Waals surface area contributed by atoms with Crippen LogP contribution in [0.15, 0.2) is 18.3 Å². The highest BCUT2D eigenvalue weighted by molar-refractivity contribution is 5.85. The van der Waals surface area contributed by atoms with Crippen molar-refractivity contribution in [2.75, 3.05) is 18.5 Å². The van der Waals surface area contributed by atoms with Gasteiger partial charge in [-0.2, -0.15) is 0 Å². The normalized spacial score (nSPS) is 9.62.